The number of carbonyl (C=O) groups is 2. The van der Waals surface area contributed by atoms with E-state index in [1.165, 1.54) is 0 Å². The SMILES string of the molecule is Cl.NC[C@H]1CCC[C@H]1C(=O)Nc1cc2c(cc1Cl)NC(=O)CO2. The molecule has 1 aliphatic heterocycles. The lowest BCUT2D eigenvalue weighted by Gasteiger charge is -2.21. The third kappa shape index (κ3) is 3.71. The molecule has 0 bridgehead atoms. The van der Waals surface area contributed by atoms with Crippen molar-refractivity contribution >= 4 is 47.2 Å². The summed E-state index contributed by atoms with van der Waals surface area (Å²) < 4.78 is 5.34. The van der Waals surface area contributed by atoms with Gasteiger partial charge in [0, 0.05) is 12.0 Å². The number of benzene rings is 1. The van der Waals surface area contributed by atoms with E-state index in [4.69, 9.17) is 22.1 Å². The molecule has 8 heteroatoms. The molecule has 0 radical (unpaired) electrons. The number of hydrogen-bond acceptors (Lipinski definition) is 4. The smallest absolute Gasteiger partial charge is 0.262 e. The van der Waals surface area contributed by atoms with Crippen molar-refractivity contribution in [3.63, 3.8) is 0 Å². The van der Waals surface area contributed by atoms with Crippen LogP contribution in [0.25, 0.3) is 0 Å². The van der Waals surface area contributed by atoms with Crippen molar-refractivity contribution in [1.82, 2.24) is 0 Å². The molecule has 1 aromatic carbocycles. The molecule has 1 fully saturated rings. The van der Waals surface area contributed by atoms with Crippen LogP contribution in [0.15, 0.2) is 12.1 Å². The van der Waals surface area contributed by atoms with Crippen LogP contribution in [0.4, 0.5) is 11.4 Å². The van der Waals surface area contributed by atoms with Crippen LogP contribution in [0.3, 0.4) is 0 Å². The zero-order chi connectivity index (χ0) is 15.7. The van der Waals surface area contributed by atoms with Gasteiger partial charge in [0.15, 0.2) is 6.61 Å². The van der Waals surface area contributed by atoms with Crippen molar-refractivity contribution in [3.05, 3.63) is 17.2 Å². The maximum absolute atomic E-state index is 12.4. The second-order valence-corrected chi connectivity index (χ2v) is 6.09. The van der Waals surface area contributed by atoms with E-state index in [1.54, 1.807) is 12.1 Å². The van der Waals surface area contributed by atoms with Gasteiger partial charge in [-0.1, -0.05) is 18.0 Å². The Balaban J connectivity index is 0.00000192. The third-order valence-corrected chi connectivity index (χ3v) is 4.57. The first kappa shape index (κ1) is 17.8. The summed E-state index contributed by atoms with van der Waals surface area (Å²) in [5, 5.41) is 5.89. The van der Waals surface area contributed by atoms with Gasteiger partial charge in [0.2, 0.25) is 5.91 Å². The van der Waals surface area contributed by atoms with Crippen LogP contribution in [-0.4, -0.2) is 25.0 Å². The number of nitrogens with one attached hydrogen (secondary N) is 2. The molecule has 1 aliphatic carbocycles. The van der Waals surface area contributed by atoms with Crippen LogP contribution >= 0.6 is 24.0 Å². The van der Waals surface area contributed by atoms with Gasteiger partial charge in [-0.05, 0) is 31.4 Å². The van der Waals surface area contributed by atoms with Gasteiger partial charge in [0.25, 0.3) is 5.91 Å². The van der Waals surface area contributed by atoms with Gasteiger partial charge >= 0.3 is 0 Å². The van der Waals surface area contributed by atoms with Gasteiger partial charge < -0.3 is 21.1 Å². The molecule has 1 aromatic rings. The molecule has 0 aromatic heterocycles. The van der Waals surface area contributed by atoms with Crippen LogP contribution in [0.2, 0.25) is 5.02 Å². The fourth-order valence-electron chi connectivity index (χ4n) is 3.09. The van der Waals surface area contributed by atoms with Crippen molar-refractivity contribution in [2.75, 3.05) is 23.8 Å². The molecule has 6 nitrogen and oxygen atoms in total. The zero-order valence-corrected chi connectivity index (χ0v) is 14.0. The number of hydrogen-bond donors (Lipinski definition) is 3. The fraction of sp³-hybridized carbons (Fsp3) is 0.467. The van der Waals surface area contributed by atoms with E-state index in [2.05, 4.69) is 10.6 Å². The van der Waals surface area contributed by atoms with E-state index in [9.17, 15) is 9.59 Å². The zero-order valence-electron chi connectivity index (χ0n) is 12.4. The van der Waals surface area contributed by atoms with Crippen LogP contribution < -0.4 is 21.1 Å². The van der Waals surface area contributed by atoms with E-state index >= 15 is 0 Å². The predicted molar refractivity (Wildman–Crippen MR) is 91.3 cm³/mol. The van der Waals surface area contributed by atoms with Gasteiger partial charge in [-0.3, -0.25) is 9.59 Å². The normalized spacial score (nSPS) is 22.4. The average molecular weight is 360 g/mol. The maximum Gasteiger partial charge on any atom is 0.262 e. The highest BCUT2D eigenvalue weighted by Gasteiger charge is 2.32. The lowest BCUT2D eigenvalue weighted by Crippen LogP contribution is -2.30. The quantitative estimate of drug-likeness (QED) is 0.772. The Bertz CT molecular complexity index is 624. The summed E-state index contributed by atoms with van der Waals surface area (Å²) in [6, 6.07) is 3.22. The molecule has 1 saturated carbocycles. The third-order valence-electron chi connectivity index (χ3n) is 4.26. The number of anilines is 2. The Morgan fingerprint density at radius 3 is 2.96 bits per heavy atom. The largest absolute Gasteiger partial charge is 0.482 e. The molecule has 4 N–H and O–H groups in total. The highest BCUT2D eigenvalue weighted by molar-refractivity contribution is 6.34. The van der Waals surface area contributed by atoms with Gasteiger partial charge in [-0.2, -0.15) is 0 Å². The summed E-state index contributed by atoms with van der Waals surface area (Å²) in [7, 11) is 0. The van der Waals surface area contributed by atoms with Crippen LogP contribution in [0.5, 0.6) is 5.75 Å². The molecule has 3 rings (SSSR count). The molecular weight excluding hydrogens is 341 g/mol. The summed E-state index contributed by atoms with van der Waals surface area (Å²) in [5.74, 6) is 0.373. The number of carbonyl (C=O) groups excluding carboxylic acids is 2. The lowest BCUT2D eigenvalue weighted by atomic mass is 9.95. The fourth-order valence-corrected chi connectivity index (χ4v) is 3.30. The van der Waals surface area contributed by atoms with E-state index in [0.29, 0.717) is 28.7 Å². The number of ether oxygens (including phenoxy) is 1. The van der Waals surface area contributed by atoms with Gasteiger partial charge in [-0.15, -0.1) is 12.4 Å². The molecule has 0 spiro atoms. The highest BCUT2D eigenvalue weighted by atomic mass is 35.5. The van der Waals surface area contributed by atoms with Gasteiger partial charge in [0.1, 0.15) is 5.75 Å². The molecule has 1 heterocycles. The number of rotatable bonds is 3. The second-order valence-electron chi connectivity index (χ2n) is 5.69. The Kier molecular flexibility index (Phi) is 5.73. The van der Waals surface area contributed by atoms with Crippen LogP contribution in [0, 0.1) is 11.8 Å². The predicted octanol–water partition coefficient (Wildman–Crippen LogP) is 2.41. The Hall–Kier alpha value is -1.50. The Morgan fingerprint density at radius 2 is 2.22 bits per heavy atom. The molecular formula is C15H19Cl2N3O3. The number of halogens is 2. The van der Waals surface area contributed by atoms with Gasteiger partial charge in [0.05, 0.1) is 16.4 Å². The topological polar surface area (TPSA) is 93.5 Å². The van der Waals surface area contributed by atoms with E-state index in [-0.39, 0.29) is 42.7 Å². The average Bonchev–Trinajstić information content (AvgIpc) is 2.97. The minimum absolute atomic E-state index is 0. The molecule has 23 heavy (non-hydrogen) atoms. The second kappa shape index (κ2) is 7.38. The first-order valence-corrected chi connectivity index (χ1v) is 7.73. The maximum atomic E-state index is 12.4. The van der Waals surface area contributed by atoms with Gasteiger partial charge in [-0.25, -0.2) is 0 Å². The molecule has 2 amide bonds. The van der Waals surface area contributed by atoms with Crippen LogP contribution in [0.1, 0.15) is 19.3 Å². The van der Waals surface area contributed by atoms with Crippen molar-refractivity contribution in [1.29, 1.82) is 0 Å². The summed E-state index contributed by atoms with van der Waals surface area (Å²) >= 11 is 6.18. The Labute approximate surface area is 145 Å². The molecule has 0 saturated heterocycles. The van der Waals surface area contributed by atoms with Crippen molar-refractivity contribution < 1.29 is 14.3 Å². The standard InChI is InChI=1S/C15H18ClN3O3.ClH/c16-10-4-12-13(22-7-14(20)18-12)5-11(10)19-15(21)9-3-1-2-8(9)6-17;/h4-5,8-9H,1-3,6-7,17H2,(H,18,20)(H,19,21);1H/t8-,9-;/m1./s1. The van der Waals surface area contributed by atoms with E-state index < -0.39 is 0 Å². The Morgan fingerprint density at radius 1 is 1.43 bits per heavy atom. The monoisotopic (exact) mass is 359 g/mol. The molecule has 2 atom stereocenters. The summed E-state index contributed by atoms with van der Waals surface area (Å²) in [4.78, 5) is 23.7. The molecule has 126 valence electrons. The number of nitrogens with two attached hydrogens (primary N) is 1. The van der Waals surface area contributed by atoms with Crippen molar-refractivity contribution in [3.8, 4) is 5.75 Å². The van der Waals surface area contributed by atoms with Crippen molar-refractivity contribution in [2.45, 2.75) is 19.3 Å². The van der Waals surface area contributed by atoms with E-state index in [0.717, 1.165) is 19.3 Å². The summed E-state index contributed by atoms with van der Waals surface area (Å²) in [6.07, 6.45) is 2.86. The minimum atomic E-state index is -0.225. The number of fused-ring (bicyclic) bond motifs is 1. The first-order chi connectivity index (χ1) is 10.6. The van der Waals surface area contributed by atoms with Crippen LogP contribution in [-0.2, 0) is 9.59 Å². The first-order valence-electron chi connectivity index (χ1n) is 7.35. The summed E-state index contributed by atoms with van der Waals surface area (Å²) in [6.45, 7) is 0.477. The van der Waals surface area contributed by atoms with Crippen molar-refractivity contribution in [2.24, 2.45) is 17.6 Å². The lowest BCUT2D eigenvalue weighted by molar-refractivity contribution is -0.121. The number of amides is 2. The summed E-state index contributed by atoms with van der Waals surface area (Å²) in [5.41, 5.74) is 6.73. The molecule has 2 aliphatic rings. The highest BCUT2D eigenvalue weighted by Crippen LogP contribution is 2.38. The minimum Gasteiger partial charge on any atom is -0.482 e. The molecule has 0 unspecified atom stereocenters. The van der Waals surface area contributed by atoms with E-state index in [1.807, 2.05) is 0 Å².